The number of carbonyl (C=O) groups excluding carboxylic acids is 1. The van der Waals surface area contributed by atoms with E-state index in [9.17, 15) is 23.7 Å². The molecule has 0 aliphatic carbocycles. The normalized spacial score (nSPS) is 10.2. The molecule has 0 unspecified atom stereocenters. The van der Waals surface area contributed by atoms with Crippen molar-refractivity contribution in [1.29, 1.82) is 0 Å². The van der Waals surface area contributed by atoms with Gasteiger partial charge in [-0.05, 0) is 18.2 Å². The number of nitro groups is 1. The lowest BCUT2D eigenvalue weighted by atomic mass is 10.1. The lowest BCUT2D eigenvalue weighted by Crippen LogP contribution is -2.12. The van der Waals surface area contributed by atoms with Gasteiger partial charge in [0.2, 0.25) is 0 Å². The number of anilines is 1. The van der Waals surface area contributed by atoms with E-state index in [0.717, 1.165) is 24.3 Å². The predicted octanol–water partition coefficient (Wildman–Crippen LogP) is 2.83. The fraction of sp³-hybridized carbons (Fsp3) is 0. The molecule has 2 aromatic carbocycles. The average molecular weight is 294 g/mol. The van der Waals surface area contributed by atoms with E-state index in [4.69, 9.17) is 5.11 Å². The minimum Gasteiger partial charge on any atom is -0.505 e. The van der Waals surface area contributed by atoms with Crippen molar-refractivity contribution in [3.8, 4) is 5.75 Å². The maximum absolute atomic E-state index is 13.2. The maximum atomic E-state index is 13.2. The van der Waals surface area contributed by atoms with Crippen molar-refractivity contribution in [2.24, 2.45) is 0 Å². The SMILES string of the molecule is O=C(Nc1ccc(O)c(F)c1)c1cc(F)cc([N+](=O)[O-])c1. The maximum Gasteiger partial charge on any atom is 0.273 e. The minimum absolute atomic E-state index is 0.0159. The minimum atomic E-state index is -0.946. The van der Waals surface area contributed by atoms with Gasteiger partial charge in [-0.1, -0.05) is 0 Å². The number of hydrogen-bond acceptors (Lipinski definition) is 4. The molecule has 2 N–H and O–H groups in total. The van der Waals surface area contributed by atoms with E-state index in [1.165, 1.54) is 6.07 Å². The number of nitrogens with one attached hydrogen (secondary N) is 1. The van der Waals surface area contributed by atoms with Crippen LogP contribution in [0.2, 0.25) is 0 Å². The largest absolute Gasteiger partial charge is 0.505 e. The van der Waals surface area contributed by atoms with Crippen molar-refractivity contribution in [3.05, 3.63) is 63.7 Å². The third kappa shape index (κ3) is 3.30. The standard InChI is InChI=1S/C13H8F2N2O4/c14-8-3-7(4-10(5-8)17(20)21)13(19)16-9-1-2-12(18)11(15)6-9/h1-6,18H,(H,16,19). The molecule has 21 heavy (non-hydrogen) atoms. The van der Waals surface area contributed by atoms with Crippen LogP contribution in [-0.4, -0.2) is 15.9 Å². The molecule has 0 spiro atoms. The Labute approximate surface area is 116 Å². The molecule has 108 valence electrons. The second kappa shape index (κ2) is 5.53. The van der Waals surface area contributed by atoms with Crippen LogP contribution in [0.3, 0.4) is 0 Å². The summed E-state index contributed by atoms with van der Waals surface area (Å²) in [5, 5.41) is 21.9. The molecule has 0 radical (unpaired) electrons. The fourth-order valence-corrected chi connectivity index (χ4v) is 1.60. The summed E-state index contributed by atoms with van der Waals surface area (Å²) in [7, 11) is 0. The zero-order chi connectivity index (χ0) is 15.6. The summed E-state index contributed by atoms with van der Waals surface area (Å²) in [5.74, 6) is -3.32. The molecule has 0 saturated carbocycles. The molecule has 0 heterocycles. The number of phenolic OH excluding ortho intramolecular Hbond substituents is 1. The smallest absolute Gasteiger partial charge is 0.273 e. The van der Waals surface area contributed by atoms with E-state index in [-0.39, 0.29) is 11.3 Å². The lowest BCUT2D eigenvalue weighted by Gasteiger charge is -2.06. The Kier molecular flexibility index (Phi) is 3.79. The molecular weight excluding hydrogens is 286 g/mol. The Bertz CT molecular complexity index is 734. The van der Waals surface area contributed by atoms with E-state index in [1.807, 2.05) is 0 Å². The predicted molar refractivity (Wildman–Crippen MR) is 69.1 cm³/mol. The average Bonchev–Trinajstić information content (AvgIpc) is 2.42. The molecule has 0 fully saturated rings. The summed E-state index contributed by atoms with van der Waals surface area (Å²) in [6.07, 6.45) is 0. The number of hydrogen-bond donors (Lipinski definition) is 2. The number of nitro benzene ring substituents is 1. The first-order valence-corrected chi connectivity index (χ1v) is 5.61. The molecule has 2 rings (SSSR count). The zero-order valence-electron chi connectivity index (χ0n) is 10.3. The van der Waals surface area contributed by atoms with Crippen LogP contribution in [0.25, 0.3) is 0 Å². The summed E-state index contributed by atoms with van der Waals surface area (Å²) >= 11 is 0. The van der Waals surface area contributed by atoms with Gasteiger partial charge in [-0.3, -0.25) is 14.9 Å². The first-order valence-electron chi connectivity index (χ1n) is 5.61. The highest BCUT2D eigenvalue weighted by Gasteiger charge is 2.15. The van der Waals surface area contributed by atoms with Crippen LogP contribution < -0.4 is 5.32 Å². The summed E-state index contributed by atoms with van der Waals surface area (Å²) in [5.41, 5.74) is -0.838. The molecule has 8 heteroatoms. The number of amides is 1. The molecular formula is C13H8F2N2O4. The van der Waals surface area contributed by atoms with Crippen molar-refractivity contribution in [2.45, 2.75) is 0 Å². The third-order valence-electron chi connectivity index (χ3n) is 2.56. The molecule has 6 nitrogen and oxygen atoms in total. The Morgan fingerprint density at radius 2 is 1.90 bits per heavy atom. The monoisotopic (exact) mass is 294 g/mol. The first-order chi connectivity index (χ1) is 9.86. The third-order valence-corrected chi connectivity index (χ3v) is 2.56. The van der Waals surface area contributed by atoms with E-state index in [0.29, 0.717) is 6.07 Å². The molecule has 0 bridgehead atoms. The van der Waals surface area contributed by atoms with E-state index in [1.54, 1.807) is 0 Å². The van der Waals surface area contributed by atoms with Gasteiger partial charge < -0.3 is 10.4 Å². The fourth-order valence-electron chi connectivity index (χ4n) is 1.60. The number of rotatable bonds is 3. The number of halogens is 2. The molecule has 2 aromatic rings. The van der Waals surface area contributed by atoms with Gasteiger partial charge in [0.05, 0.1) is 11.0 Å². The van der Waals surface area contributed by atoms with Crippen LogP contribution in [0.1, 0.15) is 10.4 Å². The topological polar surface area (TPSA) is 92.5 Å². The number of non-ortho nitro benzene ring substituents is 1. The molecule has 0 aliphatic rings. The van der Waals surface area contributed by atoms with E-state index < -0.39 is 33.9 Å². The van der Waals surface area contributed by atoms with Gasteiger partial charge in [0.1, 0.15) is 5.82 Å². The number of phenols is 1. The molecule has 0 aromatic heterocycles. The number of carbonyl (C=O) groups is 1. The Balaban J connectivity index is 2.27. The molecule has 0 aliphatic heterocycles. The van der Waals surface area contributed by atoms with Gasteiger partial charge in [0, 0.05) is 23.4 Å². The summed E-state index contributed by atoms with van der Waals surface area (Å²) in [4.78, 5) is 21.6. The van der Waals surface area contributed by atoms with Crippen LogP contribution in [0, 0.1) is 21.7 Å². The van der Waals surface area contributed by atoms with Crippen molar-refractivity contribution in [2.75, 3.05) is 5.32 Å². The first kappa shape index (κ1) is 14.4. The van der Waals surface area contributed by atoms with Crippen LogP contribution in [0.15, 0.2) is 36.4 Å². The van der Waals surface area contributed by atoms with Crippen LogP contribution in [0.5, 0.6) is 5.75 Å². The second-order valence-corrected chi connectivity index (χ2v) is 4.08. The second-order valence-electron chi connectivity index (χ2n) is 4.08. The van der Waals surface area contributed by atoms with E-state index >= 15 is 0 Å². The lowest BCUT2D eigenvalue weighted by molar-refractivity contribution is -0.385. The molecule has 0 atom stereocenters. The summed E-state index contributed by atoms with van der Waals surface area (Å²) < 4.78 is 26.3. The quantitative estimate of drug-likeness (QED) is 0.517. The summed E-state index contributed by atoms with van der Waals surface area (Å²) in [6.45, 7) is 0. The number of nitrogens with zero attached hydrogens (tertiary/aromatic N) is 1. The Morgan fingerprint density at radius 1 is 1.19 bits per heavy atom. The Morgan fingerprint density at radius 3 is 2.52 bits per heavy atom. The van der Waals surface area contributed by atoms with Gasteiger partial charge >= 0.3 is 0 Å². The van der Waals surface area contributed by atoms with Crippen LogP contribution in [-0.2, 0) is 0 Å². The van der Waals surface area contributed by atoms with Gasteiger partial charge in [0.25, 0.3) is 11.6 Å². The number of benzene rings is 2. The number of aromatic hydroxyl groups is 1. The van der Waals surface area contributed by atoms with Crippen LogP contribution in [0.4, 0.5) is 20.2 Å². The molecule has 0 saturated heterocycles. The van der Waals surface area contributed by atoms with Gasteiger partial charge in [-0.2, -0.15) is 0 Å². The van der Waals surface area contributed by atoms with Gasteiger partial charge in [-0.15, -0.1) is 0 Å². The van der Waals surface area contributed by atoms with Crippen LogP contribution >= 0.6 is 0 Å². The highest BCUT2D eigenvalue weighted by Crippen LogP contribution is 2.21. The van der Waals surface area contributed by atoms with Crippen molar-refractivity contribution >= 4 is 17.3 Å². The van der Waals surface area contributed by atoms with Crippen molar-refractivity contribution in [3.63, 3.8) is 0 Å². The molecule has 1 amide bonds. The van der Waals surface area contributed by atoms with E-state index in [2.05, 4.69) is 5.32 Å². The highest BCUT2D eigenvalue weighted by molar-refractivity contribution is 6.04. The van der Waals surface area contributed by atoms with Gasteiger partial charge in [-0.25, -0.2) is 8.78 Å². The van der Waals surface area contributed by atoms with Gasteiger partial charge in [0.15, 0.2) is 11.6 Å². The zero-order valence-corrected chi connectivity index (χ0v) is 10.3. The Hall–Kier alpha value is -3.03. The highest BCUT2D eigenvalue weighted by atomic mass is 19.1. The summed E-state index contributed by atoms with van der Waals surface area (Å²) in [6, 6.07) is 5.51. The van der Waals surface area contributed by atoms with Crippen molar-refractivity contribution < 1.29 is 23.6 Å². The van der Waals surface area contributed by atoms with Crippen molar-refractivity contribution in [1.82, 2.24) is 0 Å².